The molecule has 3 N–H and O–H groups in total. The van der Waals surface area contributed by atoms with Gasteiger partial charge in [0.15, 0.2) is 5.65 Å². The summed E-state index contributed by atoms with van der Waals surface area (Å²) in [6, 6.07) is 18.7. The Labute approximate surface area is 191 Å². The molecule has 1 atom stereocenters. The molecule has 0 aliphatic heterocycles. The van der Waals surface area contributed by atoms with E-state index in [1.54, 1.807) is 11.6 Å². The molecule has 7 heteroatoms. The van der Waals surface area contributed by atoms with Crippen molar-refractivity contribution in [1.82, 2.24) is 24.7 Å². The lowest BCUT2D eigenvalue weighted by Gasteiger charge is -2.16. The molecule has 5 aromatic rings. The molecule has 0 fully saturated rings. The maximum atomic E-state index is 10.3. The Balaban J connectivity index is 1.75. The van der Waals surface area contributed by atoms with Gasteiger partial charge in [-0.1, -0.05) is 56.3 Å². The van der Waals surface area contributed by atoms with Gasteiger partial charge in [-0.15, -0.1) is 0 Å². The molecule has 166 valence electrons. The van der Waals surface area contributed by atoms with E-state index in [4.69, 9.17) is 10.7 Å². The minimum Gasteiger partial charge on any atom is -0.387 e. The van der Waals surface area contributed by atoms with Crippen LogP contribution in [0.25, 0.3) is 33.2 Å². The molecular formula is C26H26N6O. The smallest absolute Gasteiger partial charge is 0.164 e. The standard InChI is InChI=1S/C26H26N6O/c1-15(2)19-9-5-6-10-20(19)24-18(12-17-8-4-7-11-21(17)30-24)13-32-26-22(23(31-32)16(3)33)25(27)28-14-29-26/h4-12,14-16,33H,13H2,1-3H3,(H2,27,28,29)/t16-/m1/s1. The summed E-state index contributed by atoms with van der Waals surface area (Å²) in [5.41, 5.74) is 12.4. The molecule has 3 heterocycles. The lowest BCUT2D eigenvalue weighted by Crippen LogP contribution is -2.07. The van der Waals surface area contributed by atoms with Gasteiger partial charge in [-0.3, -0.25) is 0 Å². The van der Waals surface area contributed by atoms with Gasteiger partial charge < -0.3 is 10.8 Å². The van der Waals surface area contributed by atoms with E-state index in [1.165, 1.54) is 11.9 Å². The van der Waals surface area contributed by atoms with E-state index in [0.717, 1.165) is 27.7 Å². The van der Waals surface area contributed by atoms with Gasteiger partial charge in [0.2, 0.25) is 0 Å². The first kappa shape index (κ1) is 21.0. The summed E-state index contributed by atoms with van der Waals surface area (Å²) >= 11 is 0. The summed E-state index contributed by atoms with van der Waals surface area (Å²) in [5.74, 6) is 0.659. The van der Waals surface area contributed by atoms with Gasteiger partial charge in [0.05, 0.1) is 29.2 Å². The van der Waals surface area contributed by atoms with Crippen LogP contribution in [-0.2, 0) is 6.54 Å². The van der Waals surface area contributed by atoms with Crippen molar-refractivity contribution in [1.29, 1.82) is 0 Å². The van der Waals surface area contributed by atoms with E-state index in [1.807, 2.05) is 24.3 Å². The molecule has 0 aliphatic carbocycles. The van der Waals surface area contributed by atoms with Crippen LogP contribution in [0.3, 0.4) is 0 Å². The van der Waals surface area contributed by atoms with Crippen LogP contribution in [0.4, 0.5) is 5.82 Å². The Morgan fingerprint density at radius 2 is 1.76 bits per heavy atom. The molecule has 0 saturated heterocycles. The summed E-state index contributed by atoms with van der Waals surface area (Å²) in [6.45, 7) is 6.48. The van der Waals surface area contributed by atoms with Crippen LogP contribution in [-0.4, -0.2) is 29.8 Å². The number of aliphatic hydroxyl groups excluding tert-OH is 1. The van der Waals surface area contributed by atoms with Crippen molar-refractivity contribution in [3.63, 3.8) is 0 Å². The number of nitrogens with zero attached hydrogens (tertiary/aromatic N) is 5. The largest absolute Gasteiger partial charge is 0.387 e. The maximum absolute atomic E-state index is 10.3. The van der Waals surface area contributed by atoms with E-state index in [0.29, 0.717) is 35.0 Å². The van der Waals surface area contributed by atoms with E-state index in [2.05, 4.69) is 59.2 Å². The topological polar surface area (TPSA) is 103 Å². The average Bonchev–Trinajstić information content (AvgIpc) is 3.18. The van der Waals surface area contributed by atoms with Crippen molar-refractivity contribution in [2.75, 3.05) is 5.73 Å². The molecule has 0 aliphatic rings. The SMILES string of the molecule is CC(C)c1ccccc1-c1nc2ccccc2cc1Cn1nc([C@@H](C)O)c2c(N)ncnc21. The van der Waals surface area contributed by atoms with Crippen LogP contribution < -0.4 is 5.73 Å². The Hall–Kier alpha value is -3.84. The number of hydrogen-bond acceptors (Lipinski definition) is 6. The van der Waals surface area contributed by atoms with Crippen LogP contribution in [0, 0.1) is 0 Å². The molecule has 0 saturated carbocycles. The van der Waals surface area contributed by atoms with Crippen LogP contribution in [0.1, 0.15) is 49.6 Å². The normalized spacial score (nSPS) is 12.6. The quantitative estimate of drug-likeness (QED) is 0.407. The third kappa shape index (κ3) is 3.70. The molecule has 7 nitrogen and oxygen atoms in total. The minimum atomic E-state index is -0.794. The first-order valence-corrected chi connectivity index (χ1v) is 11.1. The second-order valence-corrected chi connectivity index (χ2v) is 8.61. The summed E-state index contributed by atoms with van der Waals surface area (Å²) in [6.07, 6.45) is 0.632. The van der Waals surface area contributed by atoms with Gasteiger partial charge in [0, 0.05) is 16.5 Å². The number of aromatic nitrogens is 5. The fourth-order valence-corrected chi connectivity index (χ4v) is 4.35. The lowest BCUT2D eigenvalue weighted by molar-refractivity contribution is 0.194. The predicted molar refractivity (Wildman–Crippen MR) is 131 cm³/mol. The fraction of sp³-hybridized carbons (Fsp3) is 0.231. The second-order valence-electron chi connectivity index (χ2n) is 8.61. The molecular weight excluding hydrogens is 412 g/mol. The van der Waals surface area contributed by atoms with E-state index in [-0.39, 0.29) is 0 Å². The van der Waals surface area contributed by atoms with Crippen molar-refractivity contribution >= 4 is 27.8 Å². The fourth-order valence-electron chi connectivity index (χ4n) is 4.35. The maximum Gasteiger partial charge on any atom is 0.164 e. The van der Waals surface area contributed by atoms with Gasteiger partial charge in [0.25, 0.3) is 0 Å². The number of nitrogen functional groups attached to an aromatic ring is 1. The molecule has 0 spiro atoms. The van der Waals surface area contributed by atoms with Gasteiger partial charge in [-0.05, 0) is 30.5 Å². The molecule has 5 rings (SSSR count). The average molecular weight is 439 g/mol. The Morgan fingerprint density at radius 1 is 1.00 bits per heavy atom. The number of benzene rings is 2. The predicted octanol–water partition coefficient (Wildman–Crippen LogP) is 4.85. The van der Waals surface area contributed by atoms with Gasteiger partial charge in [0.1, 0.15) is 17.8 Å². The van der Waals surface area contributed by atoms with Gasteiger partial charge >= 0.3 is 0 Å². The van der Waals surface area contributed by atoms with E-state index < -0.39 is 6.10 Å². The van der Waals surface area contributed by atoms with Crippen LogP contribution >= 0.6 is 0 Å². The van der Waals surface area contributed by atoms with Crippen molar-refractivity contribution in [3.8, 4) is 11.3 Å². The zero-order valence-electron chi connectivity index (χ0n) is 18.9. The number of para-hydroxylation sites is 1. The molecule has 3 aromatic heterocycles. The van der Waals surface area contributed by atoms with E-state index in [9.17, 15) is 5.11 Å². The number of hydrogen-bond donors (Lipinski definition) is 2. The Bertz CT molecular complexity index is 1470. The molecule has 33 heavy (non-hydrogen) atoms. The summed E-state index contributed by atoms with van der Waals surface area (Å²) < 4.78 is 1.78. The highest BCUT2D eigenvalue weighted by molar-refractivity contribution is 5.89. The molecule has 0 bridgehead atoms. The summed E-state index contributed by atoms with van der Waals surface area (Å²) in [4.78, 5) is 13.6. The van der Waals surface area contributed by atoms with Crippen LogP contribution in [0.15, 0.2) is 60.9 Å². The van der Waals surface area contributed by atoms with Crippen molar-refractivity contribution in [2.45, 2.75) is 39.3 Å². The summed E-state index contributed by atoms with van der Waals surface area (Å²) in [7, 11) is 0. The third-order valence-corrected chi connectivity index (χ3v) is 5.94. The number of aliphatic hydroxyl groups is 1. The molecule has 0 radical (unpaired) electrons. The zero-order valence-corrected chi connectivity index (χ0v) is 18.9. The van der Waals surface area contributed by atoms with Gasteiger partial charge in [-0.25, -0.2) is 19.6 Å². The molecule has 2 aromatic carbocycles. The third-order valence-electron chi connectivity index (χ3n) is 5.94. The van der Waals surface area contributed by atoms with Gasteiger partial charge in [-0.2, -0.15) is 5.10 Å². The lowest BCUT2D eigenvalue weighted by atomic mass is 9.92. The number of anilines is 1. The number of pyridine rings is 1. The van der Waals surface area contributed by atoms with Crippen molar-refractivity contribution in [2.24, 2.45) is 0 Å². The van der Waals surface area contributed by atoms with Crippen LogP contribution in [0.5, 0.6) is 0 Å². The number of fused-ring (bicyclic) bond motifs is 2. The Kier molecular flexibility index (Phi) is 5.26. The first-order valence-electron chi connectivity index (χ1n) is 11.1. The highest BCUT2D eigenvalue weighted by atomic mass is 16.3. The second kappa shape index (κ2) is 8.26. The first-order chi connectivity index (χ1) is 15.9. The number of nitrogens with two attached hydrogens (primary N) is 1. The monoisotopic (exact) mass is 438 g/mol. The molecule has 0 unspecified atom stereocenters. The number of rotatable bonds is 5. The van der Waals surface area contributed by atoms with E-state index >= 15 is 0 Å². The minimum absolute atomic E-state index is 0.309. The van der Waals surface area contributed by atoms with Crippen molar-refractivity contribution in [3.05, 3.63) is 77.7 Å². The summed E-state index contributed by atoms with van der Waals surface area (Å²) in [5, 5.41) is 16.6. The highest BCUT2D eigenvalue weighted by Crippen LogP contribution is 2.33. The van der Waals surface area contributed by atoms with Crippen LogP contribution in [0.2, 0.25) is 0 Å². The Morgan fingerprint density at radius 3 is 2.55 bits per heavy atom. The molecule has 0 amide bonds. The van der Waals surface area contributed by atoms with Crippen molar-refractivity contribution < 1.29 is 5.11 Å². The zero-order chi connectivity index (χ0) is 23.1. The highest BCUT2D eigenvalue weighted by Gasteiger charge is 2.21.